The minimum Gasteiger partial charge on any atom is -0.361 e. The van der Waals surface area contributed by atoms with E-state index in [2.05, 4.69) is 17.1 Å². The summed E-state index contributed by atoms with van der Waals surface area (Å²) in [7, 11) is 0. The van der Waals surface area contributed by atoms with Gasteiger partial charge < -0.3 is 4.98 Å². The number of fused-ring (bicyclic) bond motifs is 1. The van der Waals surface area contributed by atoms with Crippen molar-refractivity contribution in [2.24, 2.45) is 9.98 Å². The first kappa shape index (κ1) is 18.5. The monoisotopic (exact) mass is 435 g/mol. The van der Waals surface area contributed by atoms with Crippen molar-refractivity contribution in [1.29, 1.82) is 0 Å². The van der Waals surface area contributed by atoms with Crippen molar-refractivity contribution >= 4 is 56.0 Å². The van der Waals surface area contributed by atoms with Gasteiger partial charge in [-0.1, -0.05) is 65.7 Å². The molecular formula is C23H15Cl2N3S. The normalized spacial score (nSPS) is 14.7. The molecule has 29 heavy (non-hydrogen) atoms. The maximum Gasteiger partial charge on any atom is 0.169 e. The number of para-hydroxylation sites is 1. The largest absolute Gasteiger partial charge is 0.361 e. The third-order valence-electron chi connectivity index (χ3n) is 4.75. The predicted octanol–water partition coefficient (Wildman–Crippen LogP) is 7.11. The number of nitrogens with one attached hydrogen (secondary N) is 1. The first-order valence-corrected chi connectivity index (χ1v) is 10.7. The number of halogens is 2. The number of aliphatic imine (C=N–C) groups is 2. The number of nitrogens with zero attached hydrogens (tertiary/aromatic N) is 2. The fourth-order valence-electron chi connectivity index (χ4n) is 3.29. The molecule has 0 aliphatic carbocycles. The van der Waals surface area contributed by atoms with Crippen molar-refractivity contribution in [3.05, 3.63) is 106 Å². The molecule has 0 amide bonds. The predicted molar refractivity (Wildman–Crippen MR) is 125 cm³/mol. The van der Waals surface area contributed by atoms with Gasteiger partial charge in [0, 0.05) is 43.8 Å². The molecule has 0 unspecified atom stereocenters. The molecule has 1 aliphatic heterocycles. The van der Waals surface area contributed by atoms with Crippen LogP contribution >= 0.6 is 35.0 Å². The molecule has 5 rings (SSSR count). The Morgan fingerprint density at radius 2 is 1.28 bits per heavy atom. The minimum atomic E-state index is -0.330. The summed E-state index contributed by atoms with van der Waals surface area (Å²) in [6, 6.07) is 23.7. The first-order chi connectivity index (χ1) is 14.2. The molecule has 2 heterocycles. The van der Waals surface area contributed by atoms with Gasteiger partial charge in [0.05, 0.1) is 0 Å². The van der Waals surface area contributed by atoms with Gasteiger partial charge in [0.2, 0.25) is 0 Å². The van der Waals surface area contributed by atoms with E-state index < -0.39 is 0 Å². The van der Waals surface area contributed by atoms with Gasteiger partial charge in [-0.2, -0.15) is 0 Å². The number of H-pyrrole nitrogens is 1. The van der Waals surface area contributed by atoms with Crippen LogP contribution in [-0.4, -0.2) is 15.1 Å². The van der Waals surface area contributed by atoms with Gasteiger partial charge in [0.25, 0.3) is 0 Å². The Balaban J connectivity index is 1.63. The zero-order chi connectivity index (χ0) is 19.8. The summed E-state index contributed by atoms with van der Waals surface area (Å²) in [6.45, 7) is 0. The lowest BCUT2D eigenvalue weighted by atomic mass is 10.1. The smallest absolute Gasteiger partial charge is 0.169 e. The van der Waals surface area contributed by atoms with Crippen LogP contribution in [0, 0.1) is 0 Å². The van der Waals surface area contributed by atoms with E-state index in [9.17, 15) is 0 Å². The lowest BCUT2D eigenvalue weighted by Crippen LogP contribution is -2.12. The van der Waals surface area contributed by atoms with Gasteiger partial charge in [0.1, 0.15) is 10.1 Å². The zero-order valence-corrected chi connectivity index (χ0v) is 17.5. The summed E-state index contributed by atoms with van der Waals surface area (Å²) in [6.07, 6.45) is 1.67. The molecule has 0 radical (unpaired) electrons. The van der Waals surface area contributed by atoms with Crippen LogP contribution in [0.5, 0.6) is 0 Å². The Kier molecular flexibility index (Phi) is 4.92. The number of aromatic amines is 1. The number of benzene rings is 3. The fraction of sp³-hybridized carbons (Fsp3) is 0.0435. The molecule has 1 aromatic heterocycles. The summed E-state index contributed by atoms with van der Waals surface area (Å²) in [4.78, 5) is 13.3. The number of hydrogen-bond donors (Lipinski definition) is 1. The highest BCUT2D eigenvalue weighted by atomic mass is 35.5. The van der Waals surface area contributed by atoms with Crippen LogP contribution in [0.3, 0.4) is 0 Å². The van der Waals surface area contributed by atoms with Crippen molar-refractivity contribution in [2.75, 3.05) is 0 Å². The maximum atomic E-state index is 6.08. The lowest BCUT2D eigenvalue weighted by Gasteiger charge is -2.20. The number of rotatable bonds is 3. The highest BCUT2D eigenvalue weighted by Crippen LogP contribution is 2.35. The topological polar surface area (TPSA) is 40.5 Å². The van der Waals surface area contributed by atoms with Crippen LogP contribution in [-0.2, 0) is 0 Å². The Hall–Kier alpha value is -2.53. The van der Waals surface area contributed by atoms with Crippen molar-refractivity contribution in [3.8, 4) is 0 Å². The fourth-order valence-corrected chi connectivity index (χ4v) is 4.54. The zero-order valence-electron chi connectivity index (χ0n) is 15.1. The van der Waals surface area contributed by atoms with Crippen molar-refractivity contribution in [2.45, 2.75) is 6.17 Å². The number of hydrogen-bond acceptors (Lipinski definition) is 3. The molecule has 0 fully saturated rings. The second kappa shape index (κ2) is 7.71. The Morgan fingerprint density at radius 3 is 1.86 bits per heavy atom. The van der Waals surface area contributed by atoms with E-state index in [0.29, 0.717) is 10.0 Å². The second-order valence-corrected chi connectivity index (χ2v) is 8.50. The summed E-state index contributed by atoms with van der Waals surface area (Å²) >= 11 is 13.7. The average Bonchev–Trinajstić information content (AvgIpc) is 3.19. The Bertz CT molecular complexity index is 1180. The highest BCUT2D eigenvalue weighted by Gasteiger charge is 2.23. The van der Waals surface area contributed by atoms with E-state index in [1.807, 2.05) is 66.9 Å². The minimum absolute atomic E-state index is 0.330. The maximum absolute atomic E-state index is 6.08. The van der Waals surface area contributed by atoms with Gasteiger partial charge >= 0.3 is 0 Å². The van der Waals surface area contributed by atoms with E-state index in [4.69, 9.17) is 33.2 Å². The van der Waals surface area contributed by atoms with E-state index in [0.717, 1.165) is 37.7 Å². The van der Waals surface area contributed by atoms with Crippen molar-refractivity contribution in [1.82, 2.24) is 4.98 Å². The number of aromatic nitrogens is 1. The van der Waals surface area contributed by atoms with Crippen LogP contribution in [0.25, 0.3) is 10.9 Å². The summed E-state index contributed by atoms with van der Waals surface area (Å²) in [5.74, 6) is 0. The summed E-state index contributed by atoms with van der Waals surface area (Å²) < 4.78 is 0. The number of thioether (sulfide) groups is 1. The van der Waals surface area contributed by atoms with Crippen LogP contribution < -0.4 is 0 Å². The molecule has 3 aromatic carbocycles. The van der Waals surface area contributed by atoms with Crippen molar-refractivity contribution < 1.29 is 0 Å². The van der Waals surface area contributed by atoms with E-state index in [1.165, 1.54) is 0 Å². The van der Waals surface area contributed by atoms with Crippen molar-refractivity contribution in [3.63, 3.8) is 0 Å². The molecule has 0 saturated carbocycles. The average molecular weight is 436 g/mol. The van der Waals surface area contributed by atoms with Crippen LogP contribution in [0.1, 0.15) is 22.9 Å². The van der Waals surface area contributed by atoms with E-state index in [1.54, 1.807) is 11.8 Å². The third-order valence-corrected chi connectivity index (χ3v) is 6.33. The molecule has 0 bridgehead atoms. The quantitative estimate of drug-likeness (QED) is 0.365. The van der Waals surface area contributed by atoms with Gasteiger partial charge in [-0.3, -0.25) is 0 Å². The SMILES string of the molecule is Clc1ccc(C2=NC(c3c[nH]c4ccccc34)N=C(c3ccc(Cl)cc3)S2)cc1. The van der Waals surface area contributed by atoms with Crippen LogP contribution in [0.15, 0.2) is 89.0 Å². The Morgan fingerprint density at radius 1 is 0.724 bits per heavy atom. The molecule has 0 atom stereocenters. The lowest BCUT2D eigenvalue weighted by molar-refractivity contribution is 0.790. The first-order valence-electron chi connectivity index (χ1n) is 9.09. The van der Waals surface area contributed by atoms with Crippen LogP contribution in [0.2, 0.25) is 10.0 Å². The molecule has 142 valence electrons. The standard InChI is InChI=1S/C23H15Cl2N3S/c24-16-9-5-14(6-10-16)22-27-21(19-13-26-20-4-2-1-3-18(19)20)28-23(29-22)15-7-11-17(25)12-8-15/h1-13,21,26H. The van der Waals surface area contributed by atoms with E-state index >= 15 is 0 Å². The Labute approximate surface area is 182 Å². The van der Waals surface area contributed by atoms with Gasteiger partial charge in [-0.05, 0) is 42.1 Å². The third kappa shape index (κ3) is 3.71. The molecule has 0 saturated heterocycles. The van der Waals surface area contributed by atoms with Gasteiger partial charge in [-0.15, -0.1) is 0 Å². The molecule has 1 aliphatic rings. The van der Waals surface area contributed by atoms with Gasteiger partial charge in [0.15, 0.2) is 6.17 Å². The molecule has 1 N–H and O–H groups in total. The molecule has 4 aromatic rings. The molecule has 6 heteroatoms. The van der Waals surface area contributed by atoms with Gasteiger partial charge in [-0.25, -0.2) is 9.98 Å². The second-order valence-electron chi connectivity index (χ2n) is 6.65. The molecule has 3 nitrogen and oxygen atoms in total. The van der Waals surface area contributed by atoms with E-state index in [-0.39, 0.29) is 6.17 Å². The van der Waals surface area contributed by atoms with Crippen LogP contribution in [0.4, 0.5) is 0 Å². The summed E-state index contributed by atoms with van der Waals surface area (Å²) in [5, 5.41) is 4.36. The highest BCUT2D eigenvalue weighted by molar-refractivity contribution is 8.27. The molecule has 0 spiro atoms. The summed E-state index contributed by atoms with van der Waals surface area (Å²) in [5.41, 5.74) is 4.17. The molecular weight excluding hydrogens is 421 g/mol.